The summed E-state index contributed by atoms with van der Waals surface area (Å²) in [5.74, 6) is -0.865. The number of carbonyl (C=O) groups excluding carboxylic acids is 1. The summed E-state index contributed by atoms with van der Waals surface area (Å²) in [5, 5.41) is 0.925. The van der Waals surface area contributed by atoms with E-state index in [9.17, 15) is 9.18 Å². The fourth-order valence-corrected chi connectivity index (χ4v) is 5.54. The van der Waals surface area contributed by atoms with Crippen molar-refractivity contribution in [2.75, 3.05) is 23.7 Å². The maximum Gasteiger partial charge on any atom is 0.328 e. The number of urea groups is 1. The van der Waals surface area contributed by atoms with Crippen LogP contribution in [0.5, 0.6) is 0 Å². The highest BCUT2D eigenvalue weighted by Gasteiger charge is 2.36. The van der Waals surface area contributed by atoms with Crippen LogP contribution < -0.4 is 10.6 Å². The molecule has 3 aromatic rings. The van der Waals surface area contributed by atoms with E-state index < -0.39 is 5.83 Å². The minimum Gasteiger partial charge on any atom is -0.368 e. The van der Waals surface area contributed by atoms with Gasteiger partial charge in [-0.15, -0.1) is 11.3 Å². The molecule has 1 atom stereocenters. The van der Waals surface area contributed by atoms with Gasteiger partial charge in [0.05, 0.1) is 16.4 Å². The van der Waals surface area contributed by atoms with Crippen LogP contribution in [0, 0.1) is 5.82 Å². The number of amides is 2. The lowest BCUT2D eigenvalue weighted by atomic mass is 9.93. The molecule has 0 spiro atoms. The predicted octanol–water partition coefficient (Wildman–Crippen LogP) is 5.79. The lowest BCUT2D eigenvalue weighted by molar-refractivity contribution is 0.228. The van der Waals surface area contributed by atoms with E-state index in [1.807, 2.05) is 6.08 Å². The Kier molecular flexibility index (Phi) is 6.07. The van der Waals surface area contributed by atoms with Crippen molar-refractivity contribution in [3.63, 3.8) is 0 Å². The zero-order valence-corrected chi connectivity index (χ0v) is 21.0. The molecule has 2 aliphatic rings. The summed E-state index contributed by atoms with van der Waals surface area (Å²) in [4.78, 5) is 30.4. The number of nitrogen functional groups attached to an aromatic ring is 1. The highest BCUT2D eigenvalue weighted by atomic mass is 32.1. The minimum atomic E-state index is -0.436. The lowest BCUT2D eigenvalue weighted by Crippen LogP contribution is -2.32. The van der Waals surface area contributed by atoms with Crippen molar-refractivity contribution >= 4 is 29.0 Å². The number of carbonyl (C=O) groups is 1. The van der Waals surface area contributed by atoms with E-state index in [1.165, 1.54) is 28.0 Å². The summed E-state index contributed by atoms with van der Waals surface area (Å²) >= 11 is 1.56. The normalized spacial score (nSPS) is 18.5. The molecule has 1 aliphatic heterocycles. The first kappa shape index (κ1) is 24.1. The van der Waals surface area contributed by atoms with Crippen LogP contribution in [-0.2, 0) is 5.41 Å². The number of hydrogen-bond acceptors (Lipinski definition) is 6. The SMILES string of the molecule is CC(C)(C)c1nc(-c2ccnc(N)n2)c(C2C=CC(F)=C(N3CCN(c4ccc(F)cc4)C3=O)C2)s1. The highest BCUT2D eigenvalue weighted by Crippen LogP contribution is 2.43. The van der Waals surface area contributed by atoms with Gasteiger partial charge in [0.25, 0.3) is 0 Å². The van der Waals surface area contributed by atoms with Crippen LogP contribution in [0.1, 0.15) is 43.0 Å². The zero-order chi connectivity index (χ0) is 25.6. The Morgan fingerprint density at radius 3 is 2.47 bits per heavy atom. The van der Waals surface area contributed by atoms with Gasteiger partial charge in [-0.05, 0) is 36.4 Å². The van der Waals surface area contributed by atoms with E-state index >= 15 is 4.39 Å². The summed E-state index contributed by atoms with van der Waals surface area (Å²) < 4.78 is 28.4. The van der Waals surface area contributed by atoms with Crippen LogP contribution in [0.2, 0.25) is 0 Å². The fourth-order valence-electron chi connectivity index (χ4n) is 4.33. The van der Waals surface area contributed by atoms with Gasteiger partial charge in [-0.2, -0.15) is 0 Å². The number of anilines is 2. The second-order valence-electron chi connectivity index (χ2n) is 9.81. The Morgan fingerprint density at radius 1 is 1.06 bits per heavy atom. The topological polar surface area (TPSA) is 88.2 Å². The maximum absolute atomic E-state index is 15.1. The quantitative estimate of drug-likeness (QED) is 0.482. The summed E-state index contributed by atoms with van der Waals surface area (Å²) in [7, 11) is 0. The van der Waals surface area contributed by atoms with Crippen molar-refractivity contribution < 1.29 is 13.6 Å². The molecule has 0 bridgehead atoms. The highest BCUT2D eigenvalue weighted by molar-refractivity contribution is 7.12. The maximum atomic E-state index is 15.1. The van der Waals surface area contributed by atoms with Gasteiger partial charge in [0, 0.05) is 47.6 Å². The molecule has 0 saturated carbocycles. The summed E-state index contributed by atoms with van der Waals surface area (Å²) in [6.45, 7) is 6.98. The van der Waals surface area contributed by atoms with Gasteiger partial charge >= 0.3 is 6.03 Å². The molecular weight excluding hydrogens is 482 g/mol. The van der Waals surface area contributed by atoms with Crippen LogP contribution in [0.4, 0.5) is 25.2 Å². The van der Waals surface area contributed by atoms with Crippen molar-refractivity contribution in [3.05, 3.63) is 75.9 Å². The van der Waals surface area contributed by atoms with E-state index in [0.717, 1.165) is 9.88 Å². The van der Waals surface area contributed by atoms with Crippen molar-refractivity contribution in [2.24, 2.45) is 0 Å². The first-order valence-electron chi connectivity index (χ1n) is 11.6. The summed E-state index contributed by atoms with van der Waals surface area (Å²) in [6.07, 6.45) is 5.12. The third-order valence-electron chi connectivity index (χ3n) is 6.19. The monoisotopic (exact) mass is 508 g/mol. The molecule has 1 aromatic carbocycles. The average Bonchev–Trinajstić information content (AvgIpc) is 3.45. The van der Waals surface area contributed by atoms with Gasteiger partial charge in [-0.25, -0.2) is 28.5 Å². The van der Waals surface area contributed by atoms with Crippen LogP contribution in [0.15, 0.2) is 60.2 Å². The summed E-state index contributed by atoms with van der Waals surface area (Å²) in [5.41, 5.74) is 7.85. The molecule has 1 aliphatic carbocycles. The second kappa shape index (κ2) is 9.09. The number of nitrogens with zero attached hydrogens (tertiary/aromatic N) is 5. The third-order valence-corrected chi connectivity index (χ3v) is 7.80. The third kappa shape index (κ3) is 4.48. The molecule has 2 N–H and O–H groups in total. The molecule has 3 heterocycles. The van der Waals surface area contributed by atoms with E-state index in [-0.39, 0.29) is 29.1 Å². The van der Waals surface area contributed by atoms with Crippen molar-refractivity contribution in [1.29, 1.82) is 0 Å². The average molecular weight is 509 g/mol. The van der Waals surface area contributed by atoms with Gasteiger partial charge in [0.15, 0.2) is 0 Å². The number of thiazole rings is 1. The van der Waals surface area contributed by atoms with Gasteiger partial charge in [-0.3, -0.25) is 9.80 Å². The first-order valence-corrected chi connectivity index (χ1v) is 12.4. The Morgan fingerprint density at radius 2 is 1.78 bits per heavy atom. The minimum absolute atomic E-state index is 0.151. The van der Waals surface area contributed by atoms with Crippen LogP contribution >= 0.6 is 11.3 Å². The molecule has 1 saturated heterocycles. The molecule has 0 radical (unpaired) electrons. The number of allylic oxidation sites excluding steroid dienone is 4. The summed E-state index contributed by atoms with van der Waals surface area (Å²) in [6, 6.07) is 7.15. The van der Waals surface area contributed by atoms with Gasteiger partial charge < -0.3 is 5.73 Å². The smallest absolute Gasteiger partial charge is 0.328 e. The molecule has 7 nitrogen and oxygen atoms in total. The van der Waals surface area contributed by atoms with Crippen molar-refractivity contribution in [2.45, 2.75) is 38.5 Å². The number of benzene rings is 1. The number of rotatable bonds is 4. The molecule has 2 aromatic heterocycles. The first-order chi connectivity index (χ1) is 17.1. The standard InChI is InChI=1S/C26H26F2N6OS/c1-26(2,3)23-32-21(19-10-11-30-24(29)31-19)22(36-23)15-4-9-18(28)20(14-15)34-13-12-33(25(34)35)17-7-5-16(27)6-8-17/h4-11,15H,12-14H2,1-3H3,(H2,29,30,31). The Labute approximate surface area is 212 Å². The molecule has 10 heteroatoms. The molecular formula is C26H26F2N6OS. The number of halogens is 2. The van der Waals surface area contributed by atoms with Crippen LogP contribution in [0.25, 0.3) is 11.4 Å². The van der Waals surface area contributed by atoms with E-state index in [2.05, 4.69) is 30.7 Å². The van der Waals surface area contributed by atoms with Crippen molar-refractivity contribution in [3.8, 4) is 11.4 Å². The number of hydrogen-bond donors (Lipinski definition) is 1. The van der Waals surface area contributed by atoms with E-state index in [0.29, 0.717) is 42.3 Å². The predicted molar refractivity (Wildman–Crippen MR) is 137 cm³/mol. The molecule has 36 heavy (non-hydrogen) atoms. The van der Waals surface area contributed by atoms with Gasteiger partial charge in [-0.1, -0.05) is 26.8 Å². The largest absolute Gasteiger partial charge is 0.368 e. The number of nitrogens with two attached hydrogens (primary N) is 1. The Bertz CT molecular complexity index is 1380. The Balaban J connectivity index is 1.46. The second-order valence-corrected chi connectivity index (χ2v) is 10.8. The Hall–Kier alpha value is -3.66. The van der Waals surface area contributed by atoms with Crippen LogP contribution in [-0.4, -0.2) is 39.0 Å². The van der Waals surface area contributed by atoms with Gasteiger partial charge in [0.1, 0.15) is 17.3 Å². The van der Waals surface area contributed by atoms with Crippen molar-refractivity contribution in [1.82, 2.24) is 19.9 Å². The fraction of sp³-hybridized carbons (Fsp3) is 0.308. The molecule has 1 fully saturated rings. The number of aromatic nitrogens is 3. The molecule has 186 valence electrons. The molecule has 1 unspecified atom stereocenters. The van der Waals surface area contributed by atoms with Gasteiger partial charge in [0.2, 0.25) is 5.95 Å². The van der Waals surface area contributed by atoms with Crippen LogP contribution in [0.3, 0.4) is 0 Å². The lowest BCUT2D eigenvalue weighted by Gasteiger charge is -2.26. The molecule has 5 rings (SSSR count). The zero-order valence-electron chi connectivity index (χ0n) is 20.2. The van der Waals surface area contributed by atoms with E-state index in [4.69, 9.17) is 10.7 Å². The molecule has 2 amide bonds. The van der Waals surface area contributed by atoms with E-state index in [1.54, 1.807) is 35.7 Å².